The van der Waals surface area contributed by atoms with Gasteiger partial charge in [-0.25, -0.2) is 0 Å². The van der Waals surface area contributed by atoms with Gasteiger partial charge < -0.3 is 15.5 Å². The fourth-order valence-electron chi connectivity index (χ4n) is 1.70. The van der Waals surface area contributed by atoms with Crippen LogP contribution in [0.5, 0.6) is 0 Å². The van der Waals surface area contributed by atoms with Gasteiger partial charge >= 0.3 is 5.97 Å². The third-order valence-electron chi connectivity index (χ3n) is 2.75. The monoisotopic (exact) mass is 286 g/mol. The second kappa shape index (κ2) is 12.6. The highest BCUT2D eigenvalue weighted by atomic mass is 16.4. The van der Waals surface area contributed by atoms with E-state index in [4.69, 9.17) is 10.2 Å². The Hall–Kier alpha value is -1.40. The van der Waals surface area contributed by atoms with Crippen LogP contribution in [0.2, 0.25) is 0 Å². The number of nitrogens with zero attached hydrogens (tertiary/aromatic N) is 1. The lowest BCUT2D eigenvalue weighted by Crippen LogP contribution is -2.41. The van der Waals surface area contributed by atoms with Gasteiger partial charge in [-0.05, 0) is 32.6 Å². The van der Waals surface area contributed by atoms with E-state index in [9.17, 15) is 9.59 Å². The van der Waals surface area contributed by atoms with Crippen LogP contribution in [0.4, 0.5) is 0 Å². The number of aliphatic hydroxyl groups excluding tert-OH is 1. The van der Waals surface area contributed by atoms with E-state index >= 15 is 0 Å². The molecule has 116 valence electrons. The van der Waals surface area contributed by atoms with Crippen molar-refractivity contribution in [1.82, 2.24) is 10.2 Å². The minimum Gasteiger partial charge on any atom is -0.480 e. The number of unbranched alkanes of at least 4 members (excludes halogenated alkanes) is 2. The molecule has 0 unspecified atom stereocenters. The van der Waals surface area contributed by atoms with Crippen LogP contribution >= 0.6 is 0 Å². The van der Waals surface area contributed by atoms with Crippen molar-refractivity contribution in [1.29, 1.82) is 0 Å². The first-order chi connectivity index (χ1) is 9.60. The Kier molecular flexibility index (Phi) is 11.7. The average molecular weight is 286 g/mol. The lowest BCUT2D eigenvalue weighted by atomic mass is 10.2. The van der Waals surface area contributed by atoms with Crippen LogP contribution in [0, 0.1) is 0 Å². The first-order valence-corrected chi connectivity index (χ1v) is 7.03. The molecule has 0 fully saturated rings. The fourth-order valence-corrected chi connectivity index (χ4v) is 1.70. The minimum atomic E-state index is -0.941. The SMILES string of the molecule is C/C=C/CCCCC(=O)NCN(CCCO)CC(=O)O. The van der Waals surface area contributed by atoms with E-state index in [0.29, 0.717) is 19.4 Å². The predicted octanol–water partition coefficient (Wildman–Crippen LogP) is 0.966. The molecule has 1 amide bonds. The van der Waals surface area contributed by atoms with Crippen LogP contribution in [0.3, 0.4) is 0 Å². The number of amides is 1. The van der Waals surface area contributed by atoms with E-state index in [2.05, 4.69) is 11.4 Å². The van der Waals surface area contributed by atoms with Gasteiger partial charge in [0, 0.05) is 19.6 Å². The summed E-state index contributed by atoms with van der Waals surface area (Å²) >= 11 is 0. The zero-order valence-corrected chi connectivity index (χ0v) is 12.2. The van der Waals surface area contributed by atoms with Gasteiger partial charge in [-0.3, -0.25) is 14.5 Å². The highest BCUT2D eigenvalue weighted by Crippen LogP contribution is 2.00. The topological polar surface area (TPSA) is 89.9 Å². The van der Waals surface area contributed by atoms with Gasteiger partial charge in [0.25, 0.3) is 0 Å². The Balaban J connectivity index is 3.82. The van der Waals surface area contributed by atoms with E-state index in [1.54, 1.807) is 4.90 Å². The summed E-state index contributed by atoms with van der Waals surface area (Å²) in [6.07, 6.45) is 7.79. The second-order valence-corrected chi connectivity index (χ2v) is 4.60. The Bertz CT molecular complexity index is 306. The molecule has 0 atom stereocenters. The van der Waals surface area contributed by atoms with Crippen molar-refractivity contribution in [3.05, 3.63) is 12.2 Å². The number of carbonyl (C=O) groups excluding carboxylic acids is 1. The second-order valence-electron chi connectivity index (χ2n) is 4.60. The maximum Gasteiger partial charge on any atom is 0.317 e. The highest BCUT2D eigenvalue weighted by molar-refractivity contribution is 5.75. The molecule has 6 heteroatoms. The van der Waals surface area contributed by atoms with Crippen molar-refractivity contribution < 1.29 is 19.8 Å². The summed E-state index contributed by atoms with van der Waals surface area (Å²) in [5.41, 5.74) is 0. The Morgan fingerprint density at radius 3 is 2.60 bits per heavy atom. The van der Waals surface area contributed by atoms with E-state index < -0.39 is 5.97 Å². The van der Waals surface area contributed by atoms with Crippen LogP contribution in [0.25, 0.3) is 0 Å². The van der Waals surface area contributed by atoms with Crippen molar-refractivity contribution in [2.75, 3.05) is 26.4 Å². The molecule has 6 nitrogen and oxygen atoms in total. The molecular formula is C14H26N2O4. The summed E-state index contributed by atoms with van der Waals surface area (Å²) in [4.78, 5) is 23.8. The molecule has 0 aliphatic carbocycles. The van der Waals surface area contributed by atoms with Crippen molar-refractivity contribution >= 4 is 11.9 Å². The summed E-state index contributed by atoms with van der Waals surface area (Å²) in [6, 6.07) is 0. The zero-order chi connectivity index (χ0) is 15.2. The van der Waals surface area contributed by atoms with Gasteiger partial charge in [0.1, 0.15) is 0 Å². The fraction of sp³-hybridized carbons (Fsp3) is 0.714. The lowest BCUT2D eigenvalue weighted by Gasteiger charge is -2.20. The highest BCUT2D eigenvalue weighted by Gasteiger charge is 2.10. The minimum absolute atomic E-state index is 0.00894. The van der Waals surface area contributed by atoms with Crippen LogP contribution in [-0.2, 0) is 9.59 Å². The quantitative estimate of drug-likeness (QED) is 0.282. The van der Waals surface area contributed by atoms with Gasteiger partial charge in [0.05, 0.1) is 13.2 Å². The molecular weight excluding hydrogens is 260 g/mol. The molecule has 0 bridgehead atoms. The largest absolute Gasteiger partial charge is 0.480 e. The van der Waals surface area contributed by atoms with Crippen molar-refractivity contribution in [2.24, 2.45) is 0 Å². The first-order valence-electron chi connectivity index (χ1n) is 7.03. The number of hydrogen-bond donors (Lipinski definition) is 3. The van der Waals surface area contributed by atoms with Crippen molar-refractivity contribution in [3.63, 3.8) is 0 Å². The van der Waals surface area contributed by atoms with Gasteiger partial charge in [-0.1, -0.05) is 12.2 Å². The number of aliphatic carboxylic acids is 1. The standard InChI is InChI=1S/C14H26N2O4/c1-2-3-4-5-6-8-13(18)15-12-16(9-7-10-17)11-14(19)20/h2-3,17H,4-12H2,1H3,(H,15,18)(H,19,20)/b3-2+. The number of hydrogen-bond acceptors (Lipinski definition) is 4. The molecule has 0 aromatic carbocycles. The van der Waals surface area contributed by atoms with Crippen molar-refractivity contribution in [2.45, 2.75) is 39.0 Å². The van der Waals surface area contributed by atoms with Crippen LogP contribution in [-0.4, -0.2) is 53.4 Å². The van der Waals surface area contributed by atoms with Gasteiger partial charge in [-0.2, -0.15) is 0 Å². The third-order valence-corrected chi connectivity index (χ3v) is 2.75. The number of nitrogens with one attached hydrogen (secondary N) is 1. The smallest absolute Gasteiger partial charge is 0.317 e. The molecule has 0 rings (SSSR count). The van der Waals surface area contributed by atoms with Gasteiger partial charge in [-0.15, -0.1) is 0 Å². The molecule has 0 aromatic heterocycles. The van der Waals surface area contributed by atoms with E-state index in [1.165, 1.54) is 0 Å². The number of carboxylic acid groups (broad SMARTS) is 1. The number of carboxylic acids is 1. The number of rotatable bonds is 12. The molecule has 0 aromatic rings. The number of carbonyl (C=O) groups is 2. The maximum atomic E-state index is 11.6. The predicted molar refractivity (Wildman–Crippen MR) is 77.2 cm³/mol. The summed E-state index contributed by atoms with van der Waals surface area (Å²) < 4.78 is 0. The molecule has 0 aliphatic heterocycles. The summed E-state index contributed by atoms with van der Waals surface area (Å²) in [5.74, 6) is -1.01. The molecule has 0 radical (unpaired) electrons. The van der Waals surface area contributed by atoms with Crippen LogP contribution < -0.4 is 5.32 Å². The molecule has 0 saturated heterocycles. The molecule has 0 aliphatic rings. The van der Waals surface area contributed by atoms with Crippen LogP contribution in [0.1, 0.15) is 39.0 Å². The van der Waals surface area contributed by atoms with Crippen molar-refractivity contribution in [3.8, 4) is 0 Å². The van der Waals surface area contributed by atoms with E-state index in [-0.39, 0.29) is 25.7 Å². The Labute approximate surface area is 120 Å². The van der Waals surface area contributed by atoms with E-state index in [0.717, 1.165) is 19.3 Å². The lowest BCUT2D eigenvalue weighted by molar-refractivity contribution is -0.139. The Morgan fingerprint density at radius 2 is 2.00 bits per heavy atom. The summed E-state index contributed by atoms with van der Waals surface area (Å²) in [5, 5.41) is 20.2. The summed E-state index contributed by atoms with van der Waals surface area (Å²) in [6.45, 7) is 2.50. The van der Waals surface area contributed by atoms with Gasteiger partial charge in [0.15, 0.2) is 0 Å². The molecule has 20 heavy (non-hydrogen) atoms. The van der Waals surface area contributed by atoms with Crippen LogP contribution in [0.15, 0.2) is 12.2 Å². The van der Waals surface area contributed by atoms with E-state index in [1.807, 2.05) is 13.0 Å². The zero-order valence-electron chi connectivity index (χ0n) is 12.2. The first kappa shape index (κ1) is 18.6. The summed E-state index contributed by atoms with van der Waals surface area (Å²) in [7, 11) is 0. The van der Waals surface area contributed by atoms with Gasteiger partial charge in [0.2, 0.25) is 5.91 Å². The average Bonchev–Trinajstić information content (AvgIpc) is 2.41. The normalized spacial score (nSPS) is 11.2. The number of allylic oxidation sites excluding steroid dienone is 2. The third kappa shape index (κ3) is 11.7. The maximum absolute atomic E-state index is 11.6. The molecule has 0 saturated carbocycles. The molecule has 0 spiro atoms. The Morgan fingerprint density at radius 1 is 1.25 bits per heavy atom. The molecule has 3 N–H and O–H groups in total. The molecule has 0 heterocycles. The number of aliphatic hydroxyl groups is 1.